The molecule has 0 saturated heterocycles. The number of nitrogen functional groups attached to an aromatic ring is 1. The van der Waals surface area contributed by atoms with Gasteiger partial charge in [0.25, 0.3) is 0 Å². The minimum atomic E-state index is -4.03. The summed E-state index contributed by atoms with van der Waals surface area (Å²) < 4.78 is 35.8. The first-order valence-electron chi connectivity index (χ1n) is 9.14. The molecule has 0 unspecified atom stereocenters. The molecule has 3 rings (SSSR count). The summed E-state index contributed by atoms with van der Waals surface area (Å²) in [6, 6.07) is 20.3. The smallest absolute Gasteiger partial charge is 0.340 e. The minimum Gasteiger partial charge on any atom is -0.384 e. The molecule has 0 bridgehead atoms. The fraction of sp³-hybridized carbons (Fsp3) is 0.136. The fourth-order valence-corrected chi connectivity index (χ4v) is 4.16. The third-order valence-electron chi connectivity index (χ3n) is 4.28. The van der Waals surface area contributed by atoms with Crippen molar-refractivity contribution in [2.75, 3.05) is 6.61 Å². The van der Waals surface area contributed by atoms with Crippen LogP contribution in [0.1, 0.15) is 16.7 Å². The summed E-state index contributed by atoms with van der Waals surface area (Å²) in [7, 11) is -4.03. The molecular formula is C22H21ClN2O4S. The molecule has 3 aromatic carbocycles. The van der Waals surface area contributed by atoms with Gasteiger partial charge < -0.3 is 14.7 Å². The molecule has 30 heavy (non-hydrogen) atoms. The van der Waals surface area contributed by atoms with Gasteiger partial charge in [0, 0.05) is 5.56 Å². The Morgan fingerprint density at radius 3 is 2.40 bits per heavy atom. The number of nitrogens with two attached hydrogens (primary N) is 1. The van der Waals surface area contributed by atoms with Crippen LogP contribution in [0.2, 0.25) is 5.02 Å². The second kappa shape index (κ2) is 9.75. The Morgan fingerprint density at radius 1 is 0.967 bits per heavy atom. The van der Waals surface area contributed by atoms with Gasteiger partial charge in [0.1, 0.15) is 16.5 Å². The van der Waals surface area contributed by atoms with Gasteiger partial charge in [-0.2, -0.15) is 8.42 Å². The lowest BCUT2D eigenvalue weighted by Gasteiger charge is -2.10. The van der Waals surface area contributed by atoms with Crippen molar-refractivity contribution in [1.82, 2.24) is 0 Å². The lowest BCUT2D eigenvalue weighted by atomic mass is 10.1. The third kappa shape index (κ3) is 5.82. The zero-order chi connectivity index (χ0) is 21.6. The van der Waals surface area contributed by atoms with Crippen molar-refractivity contribution in [3.05, 3.63) is 94.5 Å². The molecule has 0 aliphatic carbocycles. The summed E-state index contributed by atoms with van der Waals surface area (Å²) in [5, 5.41) is 7.50. The minimum absolute atomic E-state index is 0.0384. The highest BCUT2D eigenvalue weighted by molar-refractivity contribution is 7.87. The third-order valence-corrected chi connectivity index (χ3v) is 6.03. The maximum Gasteiger partial charge on any atom is 0.340 e. The van der Waals surface area contributed by atoms with Gasteiger partial charge in [-0.3, -0.25) is 5.41 Å². The van der Waals surface area contributed by atoms with Crippen molar-refractivity contribution in [2.24, 2.45) is 5.73 Å². The van der Waals surface area contributed by atoms with Gasteiger partial charge >= 0.3 is 10.1 Å². The Bertz CT molecular complexity index is 1130. The zero-order valence-corrected chi connectivity index (χ0v) is 17.6. The van der Waals surface area contributed by atoms with Gasteiger partial charge in [0.05, 0.1) is 18.2 Å². The average molecular weight is 445 g/mol. The largest absolute Gasteiger partial charge is 0.384 e. The van der Waals surface area contributed by atoms with Crippen molar-refractivity contribution < 1.29 is 17.3 Å². The van der Waals surface area contributed by atoms with Crippen molar-refractivity contribution in [1.29, 1.82) is 5.41 Å². The lowest BCUT2D eigenvalue weighted by molar-refractivity contribution is 0.123. The van der Waals surface area contributed by atoms with Crippen LogP contribution in [-0.2, 0) is 27.9 Å². The van der Waals surface area contributed by atoms with Crippen LogP contribution in [0.25, 0.3) is 0 Å². The van der Waals surface area contributed by atoms with Crippen molar-refractivity contribution in [3.8, 4) is 5.75 Å². The van der Waals surface area contributed by atoms with Crippen LogP contribution in [0.15, 0.2) is 77.7 Å². The number of benzene rings is 3. The van der Waals surface area contributed by atoms with E-state index in [-0.39, 0.29) is 21.5 Å². The summed E-state index contributed by atoms with van der Waals surface area (Å²) >= 11 is 5.97. The molecule has 3 aromatic rings. The normalized spacial score (nSPS) is 11.2. The quantitative estimate of drug-likeness (QED) is 0.223. The monoisotopic (exact) mass is 444 g/mol. The molecule has 0 aliphatic heterocycles. The van der Waals surface area contributed by atoms with E-state index < -0.39 is 10.1 Å². The molecule has 0 saturated carbocycles. The predicted octanol–water partition coefficient (Wildman–Crippen LogP) is 4.15. The molecule has 3 N–H and O–H groups in total. The highest BCUT2D eigenvalue weighted by Gasteiger charge is 2.19. The Morgan fingerprint density at radius 2 is 1.70 bits per heavy atom. The van der Waals surface area contributed by atoms with Gasteiger partial charge in [0.15, 0.2) is 0 Å². The topological polar surface area (TPSA) is 102 Å². The number of ether oxygens (including phenoxy) is 1. The van der Waals surface area contributed by atoms with Crippen LogP contribution in [0.5, 0.6) is 5.75 Å². The first kappa shape index (κ1) is 21.8. The molecule has 0 fully saturated rings. The van der Waals surface area contributed by atoms with Gasteiger partial charge in [-0.1, -0.05) is 60.1 Å². The van der Waals surface area contributed by atoms with E-state index in [1.807, 2.05) is 18.2 Å². The highest BCUT2D eigenvalue weighted by atomic mass is 35.5. The molecule has 0 aromatic heterocycles. The Kier molecular flexibility index (Phi) is 7.10. The molecule has 6 nitrogen and oxygen atoms in total. The van der Waals surface area contributed by atoms with Gasteiger partial charge in [-0.15, -0.1) is 0 Å². The molecule has 0 heterocycles. The molecule has 0 radical (unpaired) electrons. The van der Waals surface area contributed by atoms with Gasteiger partial charge in [0.2, 0.25) is 0 Å². The van der Waals surface area contributed by atoms with E-state index in [4.69, 9.17) is 31.7 Å². The SMILES string of the molecule is N=C(N)c1ccc(CCOCc2cccc(OS(=O)(=O)c3ccccc3Cl)c2)cc1. The molecular weight excluding hydrogens is 424 g/mol. The Balaban J connectivity index is 1.55. The first-order chi connectivity index (χ1) is 14.3. The van der Waals surface area contributed by atoms with Crippen molar-refractivity contribution in [2.45, 2.75) is 17.9 Å². The summed E-state index contributed by atoms with van der Waals surface area (Å²) in [6.07, 6.45) is 0.704. The van der Waals surface area contributed by atoms with Gasteiger partial charge in [-0.05, 0) is 41.8 Å². The molecule has 156 valence electrons. The molecule has 0 atom stereocenters. The maximum atomic E-state index is 12.5. The van der Waals surface area contributed by atoms with E-state index in [9.17, 15) is 8.42 Å². The van der Waals surface area contributed by atoms with Crippen LogP contribution < -0.4 is 9.92 Å². The lowest BCUT2D eigenvalue weighted by Crippen LogP contribution is -2.11. The number of amidine groups is 1. The van der Waals surface area contributed by atoms with Crippen LogP contribution in [0.4, 0.5) is 0 Å². The van der Waals surface area contributed by atoms with E-state index in [1.54, 1.807) is 42.5 Å². The van der Waals surface area contributed by atoms with E-state index >= 15 is 0 Å². The van der Waals surface area contributed by atoms with E-state index in [1.165, 1.54) is 12.1 Å². The number of halogens is 1. The molecule has 0 spiro atoms. The number of nitrogens with one attached hydrogen (secondary N) is 1. The fourth-order valence-electron chi connectivity index (χ4n) is 2.74. The molecule has 0 aliphatic rings. The summed E-state index contributed by atoms with van der Waals surface area (Å²) in [5.74, 6) is 0.229. The summed E-state index contributed by atoms with van der Waals surface area (Å²) in [5.41, 5.74) is 7.99. The summed E-state index contributed by atoms with van der Waals surface area (Å²) in [6.45, 7) is 0.803. The van der Waals surface area contributed by atoms with E-state index in [2.05, 4.69) is 0 Å². The van der Waals surface area contributed by atoms with Crippen LogP contribution >= 0.6 is 11.6 Å². The van der Waals surface area contributed by atoms with Crippen LogP contribution in [0, 0.1) is 5.41 Å². The second-order valence-electron chi connectivity index (χ2n) is 6.53. The molecule has 0 amide bonds. The van der Waals surface area contributed by atoms with Crippen LogP contribution in [0.3, 0.4) is 0 Å². The second-order valence-corrected chi connectivity index (χ2v) is 8.45. The average Bonchev–Trinajstić information content (AvgIpc) is 2.72. The zero-order valence-electron chi connectivity index (χ0n) is 16.0. The van der Waals surface area contributed by atoms with Crippen molar-refractivity contribution in [3.63, 3.8) is 0 Å². The maximum absolute atomic E-state index is 12.5. The number of hydrogen-bond donors (Lipinski definition) is 2. The van der Waals surface area contributed by atoms with Crippen molar-refractivity contribution >= 4 is 27.6 Å². The number of hydrogen-bond acceptors (Lipinski definition) is 5. The predicted molar refractivity (Wildman–Crippen MR) is 117 cm³/mol. The first-order valence-corrected chi connectivity index (χ1v) is 10.9. The Labute approximate surface area is 180 Å². The standard InChI is InChI=1S/C22H21ClN2O4S/c23-20-6-1-2-7-21(20)30(26,27)29-19-5-3-4-17(14-19)15-28-13-12-16-8-10-18(11-9-16)22(24)25/h1-11,14H,12-13,15H2,(H3,24,25). The summed E-state index contributed by atoms with van der Waals surface area (Å²) in [4.78, 5) is -0.0795. The van der Waals surface area contributed by atoms with Gasteiger partial charge in [-0.25, -0.2) is 0 Å². The Hall–Kier alpha value is -2.87. The van der Waals surface area contributed by atoms with Crippen LogP contribution in [-0.4, -0.2) is 20.9 Å². The molecule has 8 heteroatoms. The van der Waals surface area contributed by atoms with E-state index in [0.29, 0.717) is 25.2 Å². The number of rotatable bonds is 9. The van der Waals surface area contributed by atoms with E-state index in [0.717, 1.165) is 11.1 Å². The highest BCUT2D eigenvalue weighted by Crippen LogP contribution is 2.25.